The lowest BCUT2D eigenvalue weighted by molar-refractivity contribution is -0.124. The Labute approximate surface area is 119 Å². The maximum absolute atomic E-state index is 12.1. The van der Waals surface area contributed by atoms with Crippen LogP contribution in [0.15, 0.2) is 12.1 Å². The Morgan fingerprint density at radius 1 is 1.20 bits per heavy atom. The molecular formula is C16H21NO3. The molecule has 108 valence electrons. The molecule has 4 nitrogen and oxygen atoms in total. The van der Waals surface area contributed by atoms with Crippen LogP contribution in [-0.4, -0.2) is 19.1 Å². The first-order valence-corrected chi connectivity index (χ1v) is 7.41. The fourth-order valence-corrected chi connectivity index (χ4v) is 2.94. The van der Waals surface area contributed by atoms with Crippen molar-refractivity contribution < 1.29 is 14.3 Å². The van der Waals surface area contributed by atoms with E-state index >= 15 is 0 Å². The van der Waals surface area contributed by atoms with Crippen molar-refractivity contribution >= 4 is 5.91 Å². The van der Waals surface area contributed by atoms with Crippen molar-refractivity contribution in [2.75, 3.05) is 13.2 Å². The Kier molecular flexibility index (Phi) is 3.81. The molecule has 0 atom stereocenters. The molecular weight excluding hydrogens is 254 g/mol. The number of hydrogen-bond acceptors (Lipinski definition) is 3. The van der Waals surface area contributed by atoms with E-state index in [1.165, 1.54) is 12.8 Å². The van der Waals surface area contributed by atoms with Gasteiger partial charge in [-0.3, -0.25) is 4.79 Å². The number of carbonyl (C=O) groups excluding carboxylic acids is 1. The summed E-state index contributed by atoms with van der Waals surface area (Å²) in [5.41, 5.74) is 2.22. The summed E-state index contributed by atoms with van der Waals surface area (Å²) < 4.78 is 11.1. The van der Waals surface area contributed by atoms with Crippen LogP contribution in [0.4, 0.5) is 0 Å². The molecule has 4 heteroatoms. The molecule has 0 spiro atoms. The zero-order valence-electron chi connectivity index (χ0n) is 11.9. The Hall–Kier alpha value is -1.71. The molecule has 1 amide bonds. The normalized spacial score (nSPS) is 18.1. The van der Waals surface area contributed by atoms with Crippen molar-refractivity contribution in [1.82, 2.24) is 5.32 Å². The highest BCUT2D eigenvalue weighted by molar-refractivity contribution is 5.78. The minimum absolute atomic E-state index is 0.191. The van der Waals surface area contributed by atoms with Crippen LogP contribution in [-0.2, 0) is 11.3 Å². The van der Waals surface area contributed by atoms with E-state index in [0.29, 0.717) is 19.8 Å². The third-order valence-electron chi connectivity index (χ3n) is 4.18. The average Bonchev–Trinajstić information content (AvgIpc) is 2.99. The smallest absolute Gasteiger partial charge is 0.223 e. The van der Waals surface area contributed by atoms with E-state index in [0.717, 1.165) is 35.5 Å². The molecule has 1 saturated carbocycles. The van der Waals surface area contributed by atoms with Crippen LogP contribution in [0, 0.1) is 12.8 Å². The fraction of sp³-hybridized carbons (Fsp3) is 0.562. The number of ether oxygens (including phenoxy) is 2. The van der Waals surface area contributed by atoms with Crippen LogP contribution in [0.25, 0.3) is 0 Å². The lowest BCUT2D eigenvalue weighted by Gasteiger charge is -2.20. The van der Waals surface area contributed by atoms with Gasteiger partial charge in [0.1, 0.15) is 13.2 Å². The molecule has 0 bridgehead atoms. The Balaban J connectivity index is 1.66. The third-order valence-corrected chi connectivity index (χ3v) is 4.18. The topological polar surface area (TPSA) is 47.6 Å². The second-order valence-electron chi connectivity index (χ2n) is 5.62. The lowest BCUT2D eigenvalue weighted by Crippen LogP contribution is -2.29. The second kappa shape index (κ2) is 5.73. The van der Waals surface area contributed by atoms with Gasteiger partial charge < -0.3 is 14.8 Å². The summed E-state index contributed by atoms with van der Waals surface area (Å²) in [6.45, 7) is 3.79. The number of nitrogens with one attached hydrogen (secondary N) is 1. The summed E-state index contributed by atoms with van der Waals surface area (Å²) in [6.07, 6.45) is 4.43. The summed E-state index contributed by atoms with van der Waals surface area (Å²) >= 11 is 0. The highest BCUT2D eigenvalue weighted by Crippen LogP contribution is 2.33. The van der Waals surface area contributed by atoms with Gasteiger partial charge >= 0.3 is 0 Å². The molecule has 1 aliphatic heterocycles. The first kappa shape index (κ1) is 13.3. The molecule has 1 aromatic rings. The predicted octanol–water partition coefficient (Wildman–Crippen LogP) is 2.57. The molecule has 3 rings (SSSR count). The number of carbonyl (C=O) groups is 1. The van der Waals surface area contributed by atoms with Gasteiger partial charge in [0, 0.05) is 12.5 Å². The number of hydrogen-bond donors (Lipinski definition) is 1. The quantitative estimate of drug-likeness (QED) is 0.922. The van der Waals surface area contributed by atoms with Crippen molar-refractivity contribution in [3.63, 3.8) is 0 Å². The third kappa shape index (κ3) is 2.74. The first-order chi connectivity index (χ1) is 9.74. The van der Waals surface area contributed by atoms with Crippen molar-refractivity contribution in [1.29, 1.82) is 0 Å². The maximum Gasteiger partial charge on any atom is 0.223 e. The maximum atomic E-state index is 12.1. The van der Waals surface area contributed by atoms with Gasteiger partial charge in [0.15, 0.2) is 11.5 Å². The molecule has 20 heavy (non-hydrogen) atoms. The van der Waals surface area contributed by atoms with Gasteiger partial charge in [0.05, 0.1) is 0 Å². The second-order valence-corrected chi connectivity index (χ2v) is 5.62. The van der Waals surface area contributed by atoms with E-state index in [2.05, 4.69) is 5.32 Å². The SMILES string of the molecule is Cc1cc2c(cc1CNC(=O)C1CCCC1)OCCO2. The van der Waals surface area contributed by atoms with Crippen molar-refractivity contribution in [2.45, 2.75) is 39.2 Å². The van der Waals surface area contributed by atoms with Gasteiger partial charge in [0.25, 0.3) is 0 Å². The molecule has 0 radical (unpaired) electrons. The summed E-state index contributed by atoms with van der Waals surface area (Å²) in [5.74, 6) is 2.00. The molecule has 0 saturated heterocycles. The summed E-state index contributed by atoms with van der Waals surface area (Å²) in [5, 5.41) is 3.05. The minimum atomic E-state index is 0.191. The van der Waals surface area contributed by atoms with Crippen molar-refractivity contribution in [3.8, 4) is 11.5 Å². The van der Waals surface area contributed by atoms with Gasteiger partial charge in [-0.15, -0.1) is 0 Å². The van der Waals surface area contributed by atoms with E-state index < -0.39 is 0 Å². The molecule has 0 aromatic heterocycles. The summed E-state index contributed by atoms with van der Waals surface area (Å²) in [6, 6.07) is 3.98. The Morgan fingerprint density at radius 2 is 1.85 bits per heavy atom. The van der Waals surface area contributed by atoms with Crippen LogP contribution in [0.3, 0.4) is 0 Å². The number of benzene rings is 1. The molecule has 1 aliphatic carbocycles. The van der Waals surface area contributed by atoms with Crippen LogP contribution < -0.4 is 14.8 Å². The van der Waals surface area contributed by atoms with Crippen molar-refractivity contribution in [3.05, 3.63) is 23.3 Å². The molecule has 1 fully saturated rings. The van der Waals surface area contributed by atoms with Gasteiger partial charge in [-0.2, -0.15) is 0 Å². The monoisotopic (exact) mass is 275 g/mol. The number of rotatable bonds is 3. The predicted molar refractivity (Wildman–Crippen MR) is 76.0 cm³/mol. The number of amides is 1. The van der Waals surface area contributed by atoms with Crippen LogP contribution in [0.1, 0.15) is 36.8 Å². The van der Waals surface area contributed by atoms with E-state index in [4.69, 9.17) is 9.47 Å². The fourth-order valence-electron chi connectivity index (χ4n) is 2.94. The van der Waals surface area contributed by atoms with E-state index in [1.54, 1.807) is 0 Å². The molecule has 1 aromatic carbocycles. The lowest BCUT2D eigenvalue weighted by atomic mass is 10.1. The van der Waals surface area contributed by atoms with Gasteiger partial charge in [-0.05, 0) is 43.0 Å². The molecule has 2 aliphatic rings. The molecule has 0 unspecified atom stereocenters. The molecule has 1 N–H and O–H groups in total. The van der Waals surface area contributed by atoms with Gasteiger partial charge in [-0.1, -0.05) is 12.8 Å². The van der Waals surface area contributed by atoms with Crippen LogP contribution >= 0.6 is 0 Å². The minimum Gasteiger partial charge on any atom is -0.486 e. The van der Waals surface area contributed by atoms with Gasteiger partial charge in [-0.25, -0.2) is 0 Å². The Morgan fingerprint density at radius 3 is 2.55 bits per heavy atom. The van der Waals surface area contributed by atoms with Crippen LogP contribution in [0.5, 0.6) is 11.5 Å². The molecule has 1 heterocycles. The van der Waals surface area contributed by atoms with E-state index in [1.807, 2.05) is 19.1 Å². The van der Waals surface area contributed by atoms with E-state index in [9.17, 15) is 4.79 Å². The standard InChI is InChI=1S/C16H21NO3/c1-11-8-14-15(20-7-6-19-14)9-13(11)10-17-16(18)12-4-2-3-5-12/h8-9,12H,2-7,10H2,1H3,(H,17,18). The van der Waals surface area contributed by atoms with Crippen molar-refractivity contribution in [2.24, 2.45) is 5.92 Å². The summed E-state index contributed by atoms with van der Waals surface area (Å²) in [4.78, 5) is 12.1. The summed E-state index contributed by atoms with van der Waals surface area (Å²) in [7, 11) is 0. The number of fused-ring (bicyclic) bond motifs is 1. The average molecular weight is 275 g/mol. The van der Waals surface area contributed by atoms with E-state index in [-0.39, 0.29) is 11.8 Å². The number of aryl methyl sites for hydroxylation is 1. The highest BCUT2D eigenvalue weighted by atomic mass is 16.6. The first-order valence-electron chi connectivity index (χ1n) is 7.41. The largest absolute Gasteiger partial charge is 0.486 e. The highest BCUT2D eigenvalue weighted by Gasteiger charge is 2.22. The zero-order valence-corrected chi connectivity index (χ0v) is 11.9. The Bertz CT molecular complexity index is 507. The van der Waals surface area contributed by atoms with Crippen LogP contribution in [0.2, 0.25) is 0 Å². The zero-order chi connectivity index (χ0) is 13.9. The van der Waals surface area contributed by atoms with Gasteiger partial charge in [0.2, 0.25) is 5.91 Å².